The summed E-state index contributed by atoms with van der Waals surface area (Å²) in [7, 11) is 1.55. The van der Waals surface area contributed by atoms with Gasteiger partial charge in [0, 0.05) is 23.3 Å². The smallest absolute Gasteiger partial charge is 0.310 e. The first-order valence-corrected chi connectivity index (χ1v) is 9.09. The number of carbonyl (C=O) groups is 1. The second-order valence-corrected chi connectivity index (χ2v) is 6.56. The van der Waals surface area contributed by atoms with Gasteiger partial charge in [0.05, 0.1) is 24.4 Å². The van der Waals surface area contributed by atoms with Crippen molar-refractivity contribution >= 4 is 29.2 Å². The Morgan fingerprint density at radius 2 is 1.74 bits per heavy atom. The number of methoxy groups -OCH3 is 1. The average Bonchev–Trinajstić information content (AvgIpc) is 3.00. The van der Waals surface area contributed by atoms with Crippen molar-refractivity contribution < 1.29 is 14.3 Å². The molecule has 0 spiro atoms. The molecule has 0 unspecified atom stereocenters. The number of hydrogen-bond acceptors (Lipinski definition) is 4. The van der Waals surface area contributed by atoms with Crippen LogP contribution in [0, 0.1) is 0 Å². The number of esters is 1. The summed E-state index contributed by atoms with van der Waals surface area (Å²) in [5, 5.41) is 5.63. The van der Waals surface area contributed by atoms with Crippen molar-refractivity contribution in [1.82, 2.24) is 9.78 Å². The number of nitrogens with zero attached hydrogens (tertiary/aromatic N) is 2. The molecule has 140 valence electrons. The molecule has 0 aliphatic heterocycles. The molecular formula is C20H18Cl2N2O3. The Kier molecular flexibility index (Phi) is 6.50. The molecule has 0 fully saturated rings. The minimum atomic E-state index is -0.392. The fourth-order valence-electron chi connectivity index (χ4n) is 2.60. The third kappa shape index (κ3) is 4.69. The van der Waals surface area contributed by atoms with E-state index >= 15 is 0 Å². The van der Waals surface area contributed by atoms with E-state index in [1.807, 2.05) is 42.5 Å². The van der Waals surface area contributed by atoms with Crippen LogP contribution in [0.2, 0.25) is 10.2 Å². The molecule has 27 heavy (non-hydrogen) atoms. The Bertz CT molecular complexity index is 909. The SMILES string of the molecule is COCCOC(=O)Cc1c(-c2ccc(Cl)cc2)nn(-c2ccccc2)c1Cl. The summed E-state index contributed by atoms with van der Waals surface area (Å²) in [6.07, 6.45) is 0.00728. The van der Waals surface area contributed by atoms with Crippen LogP contribution in [0.3, 0.4) is 0 Å². The first-order chi connectivity index (χ1) is 13.1. The molecule has 0 N–H and O–H groups in total. The largest absolute Gasteiger partial charge is 0.463 e. The average molecular weight is 405 g/mol. The topological polar surface area (TPSA) is 53.4 Å². The number of para-hydroxylation sites is 1. The van der Waals surface area contributed by atoms with E-state index in [-0.39, 0.29) is 13.0 Å². The van der Waals surface area contributed by atoms with Crippen LogP contribution >= 0.6 is 23.2 Å². The predicted octanol–water partition coefficient (Wildman–Crippen LogP) is 4.58. The van der Waals surface area contributed by atoms with Crippen molar-refractivity contribution in [2.75, 3.05) is 20.3 Å². The van der Waals surface area contributed by atoms with Crippen LogP contribution in [0.5, 0.6) is 0 Å². The monoisotopic (exact) mass is 404 g/mol. The molecule has 5 nitrogen and oxygen atoms in total. The molecule has 2 aromatic carbocycles. The zero-order valence-electron chi connectivity index (χ0n) is 14.7. The van der Waals surface area contributed by atoms with Gasteiger partial charge in [-0.3, -0.25) is 4.79 Å². The Hall–Kier alpha value is -2.34. The van der Waals surface area contributed by atoms with E-state index < -0.39 is 5.97 Å². The molecule has 0 aliphatic carbocycles. The van der Waals surface area contributed by atoms with Gasteiger partial charge in [0.25, 0.3) is 0 Å². The molecule has 7 heteroatoms. The molecule has 1 aromatic heterocycles. The number of ether oxygens (including phenoxy) is 2. The lowest BCUT2D eigenvalue weighted by molar-refractivity contribution is -0.144. The highest BCUT2D eigenvalue weighted by Crippen LogP contribution is 2.32. The maximum absolute atomic E-state index is 12.2. The summed E-state index contributed by atoms with van der Waals surface area (Å²) in [5.74, 6) is -0.392. The van der Waals surface area contributed by atoms with Gasteiger partial charge in [-0.25, -0.2) is 4.68 Å². The summed E-state index contributed by atoms with van der Waals surface area (Å²) in [5.41, 5.74) is 2.84. The van der Waals surface area contributed by atoms with E-state index in [1.54, 1.807) is 23.9 Å². The maximum Gasteiger partial charge on any atom is 0.310 e. The van der Waals surface area contributed by atoms with Crippen LogP contribution in [-0.2, 0) is 20.7 Å². The molecule has 3 rings (SSSR count). The highest BCUT2D eigenvalue weighted by atomic mass is 35.5. The first kappa shape index (κ1) is 19.4. The zero-order chi connectivity index (χ0) is 19.2. The van der Waals surface area contributed by atoms with Crippen molar-refractivity contribution in [3.8, 4) is 16.9 Å². The number of aromatic nitrogens is 2. The normalized spacial score (nSPS) is 10.8. The molecule has 3 aromatic rings. The summed E-state index contributed by atoms with van der Waals surface area (Å²) in [4.78, 5) is 12.2. The minimum absolute atomic E-state index is 0.00728. The van der Waals surface area contributed by atoms with Gasteiger partial charge in [-0.05, 0) is 24.3 Å². The van der Waals surface area contributed by atoms with E-state index in [0.717, 1.165) is 11.3 Å². The lowest BCUT2D eigenvalue weighted by atomic mass is 10.1. The fourth-order valence-corrected chi connectivity index (χ4v) is 3.02. The van der Waals surface area contributed by atoms with E-state index in [1.165, 1.54) is 0 Å². The second kappa shape index (κ2) is 9.04. The quantitative estimate of drug-likeness (QED) is 0.427. The molecule has 0 saturated heterocycles. The minimum Gasteiger partial charge on any atom is -0.463 e. The van der Waals surface area contributed by atoms with Crippen molar-refractivity contribution in [2.45, 2.75) is 6.42 Å². The predicted molar refractivity (Wildman–Crippen MR) is 106 cm³/mol. The number of halogens is 2. The molecular weight excluding hydrogens is 387 g/mol. The van der Waals surface area contributed by atoms with Gasteiger partial charge in [0.2, 0.25) is 0 Å². The van der Waals surface area contributed by atoms with Crippen molar-refractivity contribution in [2.24, 2.45) is 0 Å². The van der Waals surface area contributed by atoms with Gasteiger partial charge in [-0.2, -0.15) is 5.10 Å². The molecule has 0 amide bonds. The van der Waals surface area contributed by atoms with Gasteiger partial charge < -0.3 is 9.47 Å². The molecule has 0 saturated carbocycles. The fraction of sp³-hybridized carbons (Fsp3) is 0.200. The Balaban J connectivity index is 1.99. The van der Waals surface area contributed by atoms with E-state index in [9.17, 15) is 4.79 Å². The number of rotatable bonds is 7. The summed E-state index contributed by atoms with van der Waals surface area (Å²) in [6.45, 7) is 0.531. The second-order valence-electron chi connectivity index (χ2n) is 5.76. The van der Waals surface area contributed by atoms with Crippen molar-refractivity contribution in [3.05, 3.63) is 70.3 Å². The van der Waals surface area contributed by atoms with Gasteiger partial charge in [0.15, 0.2) is 0 Å². The van der Waals surface area contributed by atoms with Gasteiger partial charge in [-0.1, -0.05) is 53.5 Å². The standard InChI is InChI=1S/C20H18Cl2N2O3/c1-26-11-12-27-18(25)13-17-19(14-7-9-15(21)10-8-14)23-24(20(17)22)16-5-3-2-4-6-16/h2-10H,11-13H2,1H3. The van der Waals surface area contributed by atoms with Crippen molar-refractivity contribution in [3.63, 3.8) is 0 Å². The lowest BCUT2D eigenvalue weighted by Gasteiger charge is -2.06. The van der Waals surface area contributed by atoms with Gasteiger partial charge in [-0.15, -0.1) is 0 Å². The van der Waals surface area contributed by atoms with Gasteiger partial charge in [0.1, 0.15) is 11.8 Å². The highest BCUT2D eigenvalue weighted by Gasteiger charge is 2.21. The maximum atomic E-state index is 12.2. The van der Waals surface area contributed by atoms with E-state index in [2.05, 4.69) is 5.10 Å². The Morgan fingerprint density at radius 1 is 1.04 bits per heavy atom. The third-order valence-corrected chi connectivity index (χ3v) is 4.55. The van der Waals surface area contributed by atoms with E-state index in [4.69, 9.17) is 32.7 Å². The van der Waals surface area contributed by atoms with Gasteiger partial charge >= 0.3 is 5.97 Å². The molecule has 0 bridgehead atoms. The zero-order valence-corrected chi connectivity index (χ0v) is 16.2. The number of hydrogen-bond donors (Lipinski definition) is 0. The van der Waals surface area contributed by atoms with E-state index in [0.29, 0.717) is 28.0 Å². The van der Waals surface area contributed by atoms with Crippen LogP contribution in [0.15, 0.2) is 54.6 Å². The van der Waals surface area contributed by atoms with Crippen LogP contribution in [0.4, 0.5) is 0 Å². The highest BCUT2D eigenvalue weighted by molar-refractivity contribution is 6.31. The third-order valence-electron chi connectivity index (χ3n) is 3.91. The molecule has 0 atom stereocenters. The van der Waals surface area contributed by atoms with Crippen LogP contribution < -0.4 is 0 Å². The molecule has 1 heterocycles. The summed E-state index contributed by atoms with van der Waals surface area (Å²) < 4.78 is 11.7. The molecule has 0 radical (unpaired) electrons. The first-order valence-electron chi connectivity index (χ1n) is 8.33. The lowest BCUT2D eigenvalue weighted by Crippen LogP contribution is -2.12. The Labute approximate surface area is 167 Å². The van der Waals surface area contributed by atoms with Crippen LogP contribution in [0.25, 0.3) is 16.9 Å². The summed E-state index contributed by atoms with van der Waals surface area (Å²) in [6, 6.07) is 16.7. The number of carbonyl (C=O) groups excluding carboxylic acids is 1. The molecule has 0 aliphatic rings. The van der Waals surface area contributed by atoms with Crippen molar-refractivity contribution in [1.29, 1.82) is 0 Å². The Morgan fingerprint density at radius 3 is 2.41 bits per heavy atom. The van der Waals surface area contributed by atoms with Crippen LogP contribution in [0.1, 0.15) is 5.56 Å². The number of benzene rings is 2. The van der Waals surface area contributed by atoms with Crippen LogP contribution in [-0.4, -0.2) is 36.1 Å². The summed E-state index contributed by atoms with van der Waals surface area (Å²) >= 11 is 12.6.